The van der Waals surface area contributed by atoms with Crippen LogP contribution in [-0.4, -0.2) is 24.3 Å². The van der Waals surface area contributed by atoms with Gasteiger partial charge >= 0.3 is 0 Å². The number of nitrogens with two attached hydrogens (primary N) is 1. The van der Waals surface area contributed by atoms with E-state index in [0.29, 0.717) is 17.0 Å². The molecule has 1 fully saturated rings. The van der Waals surface area contributed by atoms with Crippen molar-refractivity contribution >= 4 is 23.4 Å². The predicted molar refractivity (Wildman–Crippen MR) is 105 cm³/mol. The summed E-state index contributed by atoms with van der Waals surface area (Å²) >= 11 is 0. The molecule has 1 aliphatic rings. The number of benzene rings is 2. The molecule has 0 aromatic heterocycles. The van der Waals surface area contributed by atoms with Crippen LogP contribution in [0.1, 0.15) is 35.2 Å². The van der Waals surface area contributed by atoms with Crippen molar-refractivity contribution in [1.82, 2.24) is 5.32 Å². The summed E-state index contributed by atoms with van der Waals surface area (Å²) in [6.45, 7) is -0.0108. The molecule has 0 spiro atoms. The van der Waals surface area contributed by atoms with Crippen molar-refractivity contribution in [1.29, 1.82) is 0 Å². The molecule has 28 heavy (non-hydrogen) atoms. The van der Waals surface area contributed by atoms with Gasteiger partial charge in [0, 0.05) is 18.2 Å². The maximum Gasteiger partial charge on any atom is 0.255 e. The van der Waals surface area contributed by atoms with Gasteiger partial charge in [0.25, 0.3) is 11.8 Å². The van der Waals surface area contributed by atoms with Crippen molar-refractivity contribution in [2.75, 3.05) is 11.9 Å². The number of anilines is 1. The van der Waals surface area contributed by atoms with E-state index in [0.717, 1.165) is 24.8 Å². The first-order valence-corrected chi connectivity index (χ1v) is 9.21. The summed E-state index contributed by atoms with van der Waals surface area (Å²) in [5.41, 5.74) is 6.98. The van der Waals surface area contributed by atoms with Crippen LogP contribution in [0.2, 0.25) is 0 Å². The molecule has 0 unspecified atom stereocenters. The van der Waals surface area contributed by atoms with E-state index >= 15 is 0 Å². The van der Waals surface area contributed by atoms with Crippen molar-refractivity contribution in [3.8, 4) is 5.75 Å². The van der Waals surface area contributed by atoms with Gasteiger partial charge in [-0.25, -0.2) is 0 Å². The van der Waals surface area contributed by atoms with Crippen molar-refractivity contribution in [3.63, 3.8) is 0 Å². The maximum atomic E-state index is 12.5. The summed E-state index contributed by atoms with van der Waals surface area (Å²) in [7, 11) is 0. The molecule has 0 bridgehead atoms. The van der Waals surface area contributed by atoms with E-state index in [-0.39, 0.29) is 30.9 Å². The monoisotopic (exact) mass is 381 g/mol. The Balaban J connectivity index is 1.59. The molecule has 0 atom stereocenters. The van der Waals surface area contributed by atoms with Crippen LogP contribution in [0.25, 0.3) is 0 Å². The molecule has 0 saturated heterocycles. The molecule has 2 aromatic rings. The van der Waals surface area contributed by atoms with E-state index < -0.39 is 5.91 Å². The maximum absolute atomic E-state index is 12.5. The van der Waals surface area contributed by atoms with Crippen LogP contribution in [0, 0.1) is 5.92 Å². The lowest BCUT2D eigenvalue weighted by molar-refractivity contribution is -0.122. The minimum atomic E-state index is -0.615. The Morgan fingerprint density at radius 3 is 2.57 bits per heavy atom. The molecule has 1 aliphatic carbocycles. The molecule has 3 rings (SSSR count). The summed E-state index contributed by atoms with van der Waals surface area (Å²) in [6, 6.07) is 14.0. The molecule has 0 radical (unpaired) electrons. The van der Waals surface area contributed by atoms with E-state index in [1.807, 2.05) is 24.3 Å². The van der Waals surface area contributed by atoms with Crippen molar-refractivity contribution in [3.05, 3.63) is 59.7 Å². The number of hydrogen-bond donors (Lipinski definition) is 3. The number of carbonyl (C=O) groups excluding carboxylic acids is 3. The first-order chi connectivity index (χ1) is 13.5. The zero-order valence-electron chi connectivity index (χ0n) is 15.4. The molecule has 3 amide bonds. The third-order valence-corrected chi connectivity index (χ3v) is 4.63. The molecule has 2 aromatic carbocycles. The highest BCUT2D eigenvalue weighted by Gasteiger charge is 2.25. The second-order valence-electron chi connectivity index (χ2n) is 6.75. The Labute approximate surface area is 163 Å². The molecule has 1 saturated carbocycles. The van der Waals surface area contributed by atoms with Crippen molar-refractivity contribution in [2.45, 2.75) is 25.8 Å². The van der Waals surface area contributed by atoms with Gasteiger partial charge in [-0.2, -0.15) is 0 Å². The van der Waals surface area contributed by atoms with Gasteiger partial charge in [0.15, 0.2) is 6.61 Å². The van der Waals surface area contributed by atoms with Crippen LogP contribution >= 0.6 is 0 Å². The second-order valence-corrected chi connectivity index (χ2v) is 6.75. The highest BCUT2D eigenvalue weighted by Crippen LogP contribution is 2.27. The SMILES string of the molecule is NC(=O)COc1ccccc1C(=O)NCc1cccc(NC(=O)C2CCC2)c1. The molecule has 146 valence electrons. The fraction of sp³-hybridized carbons (Fsp3) is 0.286. The lowest BCUT2D eigenvalue weighted by Gasteiger charge is -2.24. The largest absolute Gasteiger partial charge is 0.483 e. The fourth-order valence-corrected chi connectivity index (χ4v) is 2.88. The average molecular weight is 381 g/mol. The zero-order chi connectivity index (χ0) is 19.9. The average Bonchev–Trinajstić information content (AvgIpc) is 2.63. The highest BCUT2D eigenvalue weighted by molar-refractivity contribution is 5.97. The number of para-hydroxylation sites is 1. The van der Waals surface area contributed by atoms with Gasteiger partial charge in [-0.05, 0) is 42.7 Å². The van der Waals surface area contributed by atoms with Gasteiger partial charge in [0.1, 0.15) is 5.75 Å². The van der Waals surface area contributed by atoms with Gasteiger partial charge < -0.3 is 21.1 Å². The zero-order valence-corrected chi connectivity index (χ0v) is 15.4. The summed E-state index contributed by atoms with van der Waals surface area (Å²) in [4.78, 5) is 35.5. The number of carbonyl (C=O) groups is 3. The molecule has 7 nitrogen and oxygen atoms in total. The molecular formula is C21H23N3O4. The van der Waals surface area contributed by atoms with Crippen LogP contribution in [-0.2, 0) is 16.1 Å². The Morgan fingerprint density at radius 2 is 1.86 bits per heavy atom. The minimum Gasteiger partial charge on any atom is -0.483 e. The molecular weight excluding hydrogens is 358 g/mol. The van der Waals surface area contributed by atoms with Crippen LogP contribution < -0.4 is 21.1 Å². The van der Waals surface area contributed by atoms with Gasteiger partial charge in [-0.3, -0.25) is 14.4 Å². The summed E-state index contributed by atoms with van der Waals surface area (Å²) in [6.07, 6.45) is 2.99. The summed E-state index contributed by atoms with van der Waals surface area (Å²) in [5.74, 6) is -0.492. The molecule has 0 aliphatic heterocycles. The van der Waals surface area contributed by atoms with Crippen LogP contribution in [0.4, 0.5) is 5.69 Å². The lowest BCUT2D eigenvalue weighted by Crippen LogP contribution is -2.28. The third-order valence-electron chi connectivity index (χ3n) is 4.63. The lowest BCUT2D eigenvalue weighted by atomic mass is 9.85. The predicted octanol–water partition coefficient (Wildman–Crippen LogP) is 2.22. The van der Waals surface area contributed by atoms with E-state index in [1.165, 1.54) is 0 Å². The minimum absolute atomic E-state index is 0.0490. The molecule has 7 heteroatoms. The summed E-state index contributed by atoms with van der Waals surface area (Å²) in [5, 5.41) is 5.75. The Morgan fingerprint density at radius 1 is 1.07 bits per heavy atom. The first kappa shape index (κ1) is 19.4. The van der Waals surface area contributed by atoms with Crippen LogP contribution in [0.15, 0.2) is 48.5 Å². The van der Waals surface area contributed by atoms with E-state index in [2.05, 4.69) is 10.6 Å². The number of rotatable bonds is 8. The highest BCUT2D eigenvalue weighted by atomic mass is 16.5. The molecule has 0 heterocycles. The Bertz CT molecular complexity index is 877. The van der Waals surface area contributed by atoms with Gasteiger partial charge in [0.2, 0.25) is 5.91 Å². The normalized spacial score (nSPS) is 13.3. The topological polar surface area (TPSA) is 111 Å². The third kappa shape index (κ3) is 5.09. The standard InChI is InChI=1S/C21H23N3O4/c22-19(25)13-28-18-10-2-1-9-17(18)21(27)23-12-14-5-3-8-16(11-14)24-20(26)15-6-4-7-15/h1-3,5,8-11,15H,4,6-7,12-13H2,(H2,22,25)(H,23,27)(H,24,26). The van der Waals surface area contributed by atoms with Crippen LogP contribution in [0.3, 0.4) is 0 Å². The summed E-state index contributed by atoms with van der Waals surface area (Å²) < 4.78 is 5.29. The number of hydrogen-bond acceptors (Lipinski definition) is 4. The van der Waals surface area contributed by atoms with Gasteiger partial charge in [-0.1, -0.05) is 30.7 Å². The van der Waals surface area contributed by atoms with Crippen molar-refractivity contribution in [2.24, 2.45) is 11.7 Å². The number of primary amides is 1. The van der Waals surface area contributed by atoms with Crippen molar-refractivity contribution < 1.29 is 19.1 Å². The second kappa shape index (κ2) is 9.03. The number of nitrogens with one attached hydrogen (secondary N) is 2. The Hall–Kier alpha value is -3.35. The van der Waals surface area contributed by atoms with E-state index in [1.54, 1.807) is 24.3 Å². The number of ether oxygens (including phenoxy) is 1. The molecule has 4 N–H and O–H groups in total. The quantitative estimate of drug-likeness (QED) is 0.651. The number of amides is 3. The Kier molecular flexibility index (Phi) is 6.26. The van der Waals surface area contributed by atoms with Crippen LogP contribution in [0.5, 0.6) is 5.75 Å². The fourth-order valence-electron chi connectivity index (χ4n) is 2.88. The van der Waals surface area contributed by atoms with Gasteiger partial charge in [-0.15, -0.1) is 0 Å². The van der Waals surface area contributed by atoms with E-state index in [4.69, 9.17) is 10.5 Å². The first-order valence-electron chi connectivity index (χ1n) is 9.21. The van der Waals surface area contributed by atoms with Gasteiger partial charge in [0.05, 0.1) is 5.56 Å². The smallest absolute Gasteiger partial charge is 0.255 e. The van der Waals surface area contributed by atoms with E-state index in [9.17, 15) is 14.4 Å².